The molecular weight excluding hydrogens is 527 g/mol. The van der Waals surface area contributed by atoms with E-state index in [0.29, 0.717) is 26.4 Å². The molecule has 2 aromatic rings. The number of nitrogens with zero attached hydrogens (tertiary/aromatic N) is 1. The number of amidine groups is 1. The number of hydrogen-bond acceptors (Lipinski definition) is 7. The molecule has 0 bridgehead atoms. The number of carbonyl (C=O) groups excluding carboxylic acids is 2. The van der Waals surface area contributed by atoms with Crippen LogP contribution in [0.4, 0.5) is 13.2 Å². The van der Waals surface area contributed by atoms with Gasteiger partial charge < -0.3 is 24.8 Å². The second kappa shape index (κ2) is 13.1. The number of carbonyl (C=O) groups is 3. The Labute approximate surface area is 213 Å². The summed E-state index contributed by atoms with van der Waals surface area (Å²) in [7, 11) is 1.47. The van der Waals surface area contributed by atoms with Crippen LogP contribution < -0.4 is 10.1 Å². The number of halogens is 4. The number of aliphatic carboxylic acids is 1. The Kier molecular flexibility index (Phi) is 10.5. The smallest absolute Gasteiger partial charge is 0.490 e. The molecule has 3 N–H and O–H groups in total. The van der Waals surface area contributed by atoms with E-state index in [2.05, 4.69) is 5.32 Å². The quantitative estimate of drug-likeness (QED) is 0.206. The van der Waals surface area contributed by atoms with Crippen LogP contribution in [0.5, 0.6) is 5.75 Å². The molecule has 0 spiro atoms. The number of hydrogen-bond donors (Lipinski definition) is 3. The van der Waals surface area contributed by atoms with E-state index in [0.717, 1.165) is 25.9 Å². The molecule has 1 fully saturated rings. The van der Waals surface area contributed by atoms with E-state index in [1.807, 2.05) is 4.90 Å². The lowest BCUT2D eigenvalue weighted by atomic mass is 10.1. The average molecular weight is 550 g/mol. The predicted molar refractivity (Wildman–Crippen MR) is 126 cm³/mol. The van der Waals surface area contributed by atoms with Crippen molar-refractivity contribution in [3.8, 4) is 5.75 Å². The first kappa shape index (κ1) is 28.9. The molecule has 0 aliphatic carbocycles. The highest BCUT2D eigenvalue weighted by molar-refractivity contribution is 7.18. The normalized spacial score (nSPS) is 12.9. The number of benzene rings is 1. The van der Waals surface area contributed by atoms with Gasteiger partial charge in [-0.05, 0) is 37.1 Å². The molecule has 2 heterocycles. The summed E-state index contributed by atoms with van der Waals surface area (Å²) in [5.41, 5.74) is 0.976. The second-order valence-corrected chi connectivity index (χ2v) is 8.97. The number of amides is 1. The fraction of sp³-hybridized carbons (Fsp3) is 0.364. The third-order valence-corrected chi connectivity index (χ3v) is 6.01. The van der Waals surface area contributed by atoms with E-state index in [4.69, 9.17) is 36.4 Å². The van der Waals surface area contributed by atoms with Crippen molar-refractivity contribution in [2.24, 2.45) is 0 Å². The highest BCUT2D eigenvalue weighted by atomic mass is 35.5. The number of nitrogens with one attached hydrogen (secondary N) is 2. The average Bonchev–Trinajstić information content (AvgIpc) is 3.52. The molecule has 0 unspecified atom stereocenters. The Morgan fingerprint density at radius 2 is 1.83 bits per heavy atom. The molecule has 1 amide bonds. The zero-order valence-electron chi connectivity index (χ0n) is 19.0. The van der Waals surface area contributed by atoms with Gasteiger partial charge in [0.1, 0.15) is 23.8 Å². The van der Waals surface area contributed by atoms with Crippen molar-refractivity contribution in [3.05, 3.63) is 50.7 Å². The van der Waals surface area contributed by atoms with Crippen LogP contribution in [0.25, 0.3) is 0 Å². The van der Waals surface area contributed by atoms with Gasteiger partial charge >= 0.3 is 18.1 Å². The summed E-state index contributed by atoms with van der Waals surface area (Å²) in [6, 6.07) is 8.30. The van der Waals surface area contributed by atoms with Crippen LogP contribution in [-0.4, -0.2) is 73.2 Å². The largest absolute Gasteiger partial charge is 0.496 e. The van der Waals surface area contributed by atoms with Gasteiger partial charge in [0.05, 0.1) is 22.9 Å². The molecule has 0 atom stereocenters. The Morgan fingerprint density at radius 3 is 2.36 bits per heavy atom. The fourth-order valence-electron chi connectivity index (χ4n) is 3.04. The number of alkyl halides is 3. The summed E-state index contributed by atoms with van der Waals surface area (Å²) >= 11 is 7.00. The van der Waals surface area contributed by atoms with Crippen molar-refractivity contribution >= 4 is 46.6 Å². The van der Waals surface area contributed by atoms with Crippen molar-refractivity contribution in [1.82, 2.24) is 10.2 Å². The second-order valence-electron chi connectivity index (χ2n) is 7.26. The van der Waals surface area contributed by atoms with Crippen LogP contribution in [0.1, 0.15) is 38.4 Å². The molecule has 1 aliphatic rings. The van der Waals surface area contributed by atoms with Crippen LogP contribution in [0.2, 0.25) is 4.34 Å². The van der Waals surface area contributed by atoms with E-state index in [-0.39, 0.29) is 24.6 Å². The summed E-state index contributed by atoms with van der Waals surface area (Å²) in [6.07, 6.45) is -2.92. The molecule has 0 saturated carbocycles. The predicted octanol–water partition coefficient (Wildman–Crippen LogP) is 4.05. The van der Waals surface area contributed by atoms with Crippen molar-refractivity contribution < 1.29 is 42.1 Å². The molecule has 14 heteroatoms. The van der Waals surface area contributed by atoms with Crippen LogP contribution >= 0.6 is 22.9 Å². The van der Waals surface area contributed by atoms with Crippen molar-refractivity contribution in [1.29, 1.82) is 5.41 Å². The van der Waals surface area contributed by atoms with Gasteiger partial charge in [-0.25, -0.2) is 9.59 Å². The fourth-order valence-corrected chi connectivity index (χ4v) is 4.00. The van der Waals surface area contributed by atoms with E-state index in [1.165, 1.54) is 18.4 Å². The van der Waals surface area contributed by atoms with Gasteiger partial charge in [0, 0.05) is 18.7 Å². The lowest BCUT2D eigenvalue weighted by Gasteiger charge is -2.19. The van der Waals surface area contributed by atoms with E-state index in [9.17, 15) is 22.8 Å². The third-order valence-electron chi connectivity index (χ3n) is 4.78. The number of ether oxygens (including phenoxy) is 2. The van der Waals surface area contributed by atoms with E-state index >= 15 is 0 Å². The number of carboxylic acids is 1. The standard InChI is InChI=1S/C20H22ClN3O4S.C2HF3O2/c1-27-15-12-13(18(22)24-9-2-3-10-24)4-5-14(15)20(26)28-11-8-23-19(25)16-6-7-17(21)29-16;3-2(4,5)1(6)7/h4-7,12,22H,2-3,8-11H2,1H3,(H,23,25);(H,6,7). The van der Waals surface area contributed by atoms with Crippen molar-refractivity contribution in [2.75, 3.05) is 33.4 Å². The number of thiophene rings is 1. The Balaban J connectivity index is 0.000000572. The first-order chi connectivity index (χ1) is 16.9. The highest BCUT2D eigenvalue weighted by Gasteiger charge is 2.38. The summed E-state index contributed by atoms with van der Waals surface area (Å²) in [5.74, 6) is -2.78. The Hall–Kier alpha value is -3.32. The minimum atomic E-state index is -5.08. The molecule has 9 nitrogen and oxygen atoms in total. The van der Waals surface area contributed by atoms with Crippen molar-refractivity contribution in [2.45, 2.75) is 19.0 Å². The molecule has 3 rings (SSSR count). The number of rotatable bonds is 7. The molecule has 1 aliphatic heterocycles. The monoisotopic (exact) mass is 549 g/mol. The number of likely N-dealkylation sites (tertiary alicyclic amines) is 1. The summed E-state index contributed by atoms with van der Waals surface area (Å²) in [6.45, 7) is 1.95. The SMILES string of the molecule is COc1cc(C(=N)N2CCCC2)ccc1C(=O)OCCNC(=O)c1ccc(Cl)s1.O=C(O)C(F)(F)F. The van der Waals surface area contributed by atoms with Gasteiger partial charge in [-0.2, -0.15) is 13.2 Å². The first-order valence-corrected chi connectivity index (χ1v) is 11.7. The van der Waals surface area contributed by atoms with Crippen LogP contribution in [0.15, 0.2) is 30.3 Å². The lowest BCUT2D eigenvalue weighted by molar-refractivity contribution is -0.192. The maximum absolute atomic E-state index is 12.4. The Morgan fingerprint density at radius 1 is 1.19 bits per heavy atom. The van der Waals surface area contributed by atoms with Crippen LogP contribution in [-0.2, 0) is 9.53 Å². The summed E-state index contributed by atoms with van der Waals surface area (Å²) in [4.78, 5) is 35.7. The van der Waals surface area contributed by atoms with Crippen molar-refractivity contribution in [3.63, 3.8) is 0 Å². The van der Waals surface area contributed by atoms with Gasteiger partial charge in [0.2, 0.25) is 0 Å². The summed E-state index contributed by atoms with van der Waals surface area (Å²) < 4.78 is 42.8. The van der Waals surface area contributed by atoms with E-state index < -0.39 is 18.1 Å². The first-order valence-electron chi connectivity index (χ1n) is 10.5. The van der Waals surface area contributed by atoms with Gasteiger partial charge in [-0.3, -0.25) is 10.2 Å². The Bertz CT molecular complexity index is 1100. The minimum Gasteiger partial charge on any atom is -0.496 e. The zero-order valence-corrected chi connectivity index (χ0v) is 20.6. The summed E-state index contributed by atoms with van der Waals surface area (Å²) in [5, 5.41) is 18.1. The molecule has 1 aromatic carbocycles. The minimum absolute atomic E-state index is 0.0260. The number of esters is 1. The molecule has 1 saturated heterocycles. The van der Waals surface area contributed by atoms with Gasteiger partial charge in [-0.1, -0.05) is 17.7 Å². The highest BCUT2D eigenvalue weighted by Crippen LogP contribution is 2.23. The van der Waals surface area contributed by atoms with Crippen LogP contribution in [0, 0.1) is 5.41 Å². The number of methoxy groups -OCH3 is 1. The zero-order chi connectivity index (χ0) is 26.9. The molecule has 1 aromatic heterocycles. The topological polar surface area (TPSA) is 129 Å². The van der Waals surface area contributed by atoms with Gasteiger partial charge in [0.25, 0.3) is 5.91 Å². The van der Waals surface area contributed by atoms with Crippen LogP contribution in [0.3, 0.4) is 0 Å². The molecular formula is C22H23ClF3N3O6S. The molecule has 36 heavy (non-hydrogen) atoms. The molecule has 196 valence electrons. The number of carboxylic acid groups (broad SMARTS) is 1. The van der Waals surface area contributed by atoms with Gasteiger partial charge in [-0.15, -0.1) is 11.3 Å². The van der Waals surface area contributed by atoms with Gasteiger partial charge in [0.15, 0.2) is 0 Å². The maximum atomic E-state index is 12.4. The molecule has 0 radical (unpaired) electrons. The maximum Gasteiger partial charge on any atom is 0.490 e. The lowest BCUT2D eigenvalue weighted by Crippen LogP contribution is -2.28. The third kappa shape index (κ3) is 8.41. The van der Waals surface area contributed by atoms with E-state index in [1.54, 1.807) is 30.3 Å².